The van der Waals surface area contributed by atoms with E-state index in [1.807, 2.05) is 13.8 Å². The fourth-order valence-electron chi connectivity index (χ4n) is 1.28. The Morgan fingerprint density at radius 3 is 2.39 bits per heavy atom. The maximum atomic E-state index is 11.2. The molecule has 0 saturated carbocycles. The van der Waals surface area contributed by atoms with Crippen molar-refractivity contribution in [1.82, 2.24) is 0 Å². The van der Waals surface area contributed by atoms with Crippen LogP contribution in [-0.2, 0) is 19.1 Å². The molecule has 0 aliphatic carbocycles. The first kappa shape index (κ1) is 16.6. The topological polar surface area (TPSA) is 52.6 Å². The number of ether oxygens (including phenoxy) is 2. The Labute approximate surface area is 109 Å². The van der Waals surface area contributed by atoms with Crippen LogP contribution >= 0.6 is 0 Å². The highest BCUT2D eigenvalue weighted by Crippen LogP contribution is 2.20. The lowest BCUT2D eigenvalue weighted by atomic mass is 9.99. The van der Waals surface area contributed by atoms with Crippen molar-refractivity contribution in [1.29, 1.82) is 0 Å². The molecule has 0 fully saturated rings. The van der Waals surface area contributed by atoms with E-state index in [1.54, 1.807) is 6.92 Å². The van der Waals surface area contributed by atoms with Crippen LogP contribution in [0.2, 0.25) is 0 Å². The molecule has 18 heavy (non-hydrogen) atoms. The van der Waals surface area contributed by atoms with Crippen LogP contribution in [0.5, 0.6) is 0 Å². The second-order valence-corrected chi connectivity index (χ2v) is 4.30. The molecule has 0 N–H and O–H groups in total. The normalized spacial score (nSPS) is 15.3. The fraction of sp³-hybridized carbons (Fsp3) is 0.571. The average molecular weight is 254 g/mol. The van der Waals surface area contributed by atoms with Gasteiger partial charge in [0.25, 0.3) is 0 Å². The van der Waals surface area contributed by atoms with Gasteiger partial charge in [-0.1, -0.05) is 20.1 Å². The molecule has 4 nitrogen and oxygen atoms in total. The minimum atomic E-state index is -0.595. The lowest BCUT2D eigenvalue weighted by molar-refractivity contribution is -0.155. The summed E-state index contributed by atoms with van der Waals surface area (Å²) in [5, 5.41) is 0. The largest absolute Gasteiger partial charge is 0.456 e. The molecule has 2 unspecified atom stereocenters. The van der Waals surface area contributed by atoms with Crippen molar-refractivity contribution in [3.05, 3.63) is 25.3 Å². The molecule has 0 aromatic carbocycles. The maximum absolute atomic E-state index is 11.2. The quantitative estimate of drug-likeness (QED) is 0.468. The Balaban J connectivity index is 4.22. The summed E-state index contributed by atoms with van der Waals surface area (Å²) in [4.78, 5) is 22.4. The Bertz CT molecular complexity index is 322. The number of esters is 1. The van der Waals surface area contributed by atoms with Crippen molar-refractivity contribution in [2.45, 2.75) is 45.3 Å². The summed E-state index contributed by atoms with van der Waals surface area (Å²) in [5.41, 5.74) is -0.595. The van der Waals surface area contributed by atoms with Crippen LogP contribution in [-0.4, -0.2) is 30.1 Å². The summed E-state index contributed by atoms with van der Waals surface area (Å²) in [6.45, 7) is 12.5. The zero-order valence-corrected chi connectivity index (χ0v) is 11.4. The molecule has 0 saturated heterocycles. The van der Waals surface area contributed by atoms with Crippen molar-refractivity contribution < 1.29 is 19.1 Å². The molecule has 102 valence electrons. The Morgan fingerprint density at radius 2 is 1.94 bits per heavy atom. The highest BCUT2D eigenvalue weighted by atomic mass is 16.6. The van der Waals surface area contributed by atoms with E-state index in [-0.39, 0.29) is 5.78 Å². The van der Waals surface area contributed by atoms with Gasteiger partial charge in [0.05, 0.1) is 6.61 Å². The third-order valence-electron chi connectivity index (χ3n) is 2.86. The van der Waals surface area contributed by atoms with Crippen molar-refractivity contribution in [2.24, 2.45) is 0 Å². The van der Waals surface area contributed by atoms with Crippen LogP contribution in [0.1, 0.15) is 33.6 Å². The molecular formula is C14H22O4. The molecule has 0 amide bonds. The Morgan fingerprint density at radius 1 is 1.33 bits per heavy atom. The molecule has 0 heterocycles. The van der Waals surface area contributed by atoms with Crippen LogP contribution < -0.4 is 0 Å². The number of rotatable bonds is 9. The molecule has 0 rings (SSSR count). The molecule has 0 aromatic rings. The lowest BCUT2D eigenvalue weighted by Gasteiger charge is -2.28. The van der Waals surface area contributed by atoms with Gasteiger partial charge in [0.15, 0.2) is 5.78 Å². The molecule has 0 spiro atoms. The molecule has 0 aromatic heterocycles. The molecular weight excluding hydrogens is 232 g/mol. The summed E-state index contributed by atoms with van der Waals surface area (Å²) in [7, 11) is 0. The first-order valence-corrected chi connectivity index (χ1v) is 6.01. The van der Waals surface area contributed by atoms with Gasteiger partial charge in [0.2, 0.25) is 0 Å². The summed E-state index contributed by atoms with van der Waals surface area (Å²) >= 11 is 0. The smallest absolute Gasteiger partial charge is 0.330 e. The van der Waals surface area contributed by atoms with Gasteiger partial charge in [-0.3, -0.25) is 4.79 Å². The number of hydrogen-bond acceptors (Lipinski definition) is 4. The van der Waals surface area contributed by atoms with Gasteiger partial charge in [0, 0.05) is 12.5 Å². The van der Waals surface area contributed by atoms with Crippen LogP contribution in [0.4, 0.5) is 0 Å². The van der Waals surface area contributed by atoms with E-state index in [0.717, 1.165) is 6.08 Å². The second-order valence-electron chi connectivity index (χ2n) is 4.30. The van der Waals surface area contributed by atoms with Gasteiger partial charge >= 0.3 is 5.97 Å². The van der Waals surface area contributed by atoms with Crippen LogP contribution in [0.25, 0.3) is 0 Å². The van der Waals surface area contributed by atoms with Gasteiger partial charge < -0.3 is 9.47 Å². The summed E-state index contributed by atoms with van der Waals surface area (Å²) < 4.78 is 10.6. The van der Waals surface area contributed by atoms with Gasteiger partial charge in [-0.25, -0.2) is 4.79 Å². The molecule has 0 aliphatic rings. The van der Waals surface area contributed by atoms with Gasteiger partial charge in [-0.05, 0) is 26.3 Å². The van der Waals surface area contributed by atoms with Crippen molar-refractivity contribution in [3.63, 3.8) is 0 Å². The van der Waals surface area contributed by atoms with E-state index in [1.165, 1.54) is 6.08 Å². The standard InChI is InChI=1S/C14H22O4/c1-6-12(15)11(4)17-10-9-14(5,8-3)18-13(16)7-2/h6-7,11H,1-2,8-10H2,3-5H3. The average Bonchev–Trinajstić information content (AvgIpc) is 2.37. The predicted molar refractivity (Wildman–Crippen MR) is 70.2 cm³/mol. The zero-order chi connectivity index (χ0) is 14.2. The summed E-state index contributed by atoms with van der Waals surface area (Å²) in [6, 6.07) is 0. The first-order valence-electron chi connectivity index (χ1n) is 6.01. The molecule has 4 heteroatoms. The molecule has 0 aliphatic heterocycles. The van der Waals surface area contributed by atoms with Crippen molar-refractivity contribution >= 4 is 11.8 Å². The fourth-order valence-corrected chi connectivity index (χ4v) is 1.28. The highest BCUT2D eigenvalue weighted by molar-refractivity contribution is 5.92. The van der Waals surface area contributed by atoms with Crippen molar-refractivity contribution in [3.8, 4) is 0 Å². The second kappa shape index (κ2) is 7.82. The van der Waals surface area contributed by atoms with Gasteiger partial charge in [-0.15, -0.1) is 0 Å². The van der Waals surface area contributed by atoms with E-state index in [2.05, 4.69) is 13.2 Å². The van der Waals surface area contributed by atoms with E-state index in [0.29, 0.717) is 19.4 Å². The predicted octanol–water partition coefficient (Wildman–Crippen LogP) is 2.43. The Kier molecular flexibility index (Phi) is 7.20. The maximum Gasteiger partial charge on any atom is 0.330 e. The third-order valence-corrected chi connectivity index (χ3v) is 2.86. The molecule has 0 bridgehead atoms. The van der Waals surface area contributed by atoms with Crippen molar-refractivity contribution in [2.75, 3.05) is 6.61 Å². The lowest BCUT2D eigenvalue weighted by Crippen LogP contribution is -2.33. The SMILES string of the molecule is C=CC(=O)OC(C)(CC)CCOC(C)C(=O)C=C. The molecule has 2 atom stereocenters. The number of ketones is 1. The third kappa shape index (κ3) is 5.77. The zero-order valence-electron chi connectivity index (χ0n) is 11.4. The van der Waals surface area contributed by atoms with Crippen LogP contribution in [0.3, 0.4) is 0 Å². The monoisotopic (exact) mass is 254 g/mol. The van der Waals surface area contributed by atoms with Gasteiger partial charge in [0.1, 0.15) is 11.7 Å². The van der Waals surface area contributed by atoms with Gasteiger partial charge in [-0.2, -0.15) is 0 Å². The highest BCUT2D eigenvalue weighted by Gasteiger charge is 2.26. The Hall–Kier alpha value is -1.42. The number of carbonyl (C=O) groups is 2. The van der Waals surface area contributed by atoms with E-state index >= 15 is 0 Å². The molecule has 0 radical (unpaired) electrons. The summed E-state index contributed by atoms with van der Waals surface area (Å²) in [6.07, 6.45) is 3.05. The van der Waals surface area contributed by atoms with E-state index in [4.69, 9.17) is 9.47 Å². The van der Waals surface area contributed by atoms with Crippen LogP contribution in [0, 0.1) is 0 Å². The first-order chi connectivity index (χ1) is 8.38. The minimum absolute atomic E-state index is 0.156. The number of hydrogen-bond donors (Lipinski definition) is 0. The van der Waals surface area contributed by atoms with Crippen LogP contribution in [0.15, 0.2) is 25.3 Å². The van der Waals surface area contributed by atoms with E-state index in [9.17, 15) is 9.59 Å². The van der Waals surface area contributed by atoms with E-state index < -0.39 is 17.7 Å². The summed E-state index contributed by atoms with van der Waals surface area (Å²) in [5.74, 6) is -0.606. The minimum Gasteiger partial charge on any atom is -0.456 e. The number of carbonyl (C=O) groups excluding carboxylic acids is 2.